The second-order valence-corrected chi connectivity index (χ2v) is 6.09. The largest absolute Gasteiger partial charge is 0.360 e. The number of halogens is 1. The molecule has 0 spiro atoms. The maximum absolute atomic E-state index is 12.4. The number of nitrogens with zero attached hydrogens (tertiary/aromatic N) is 1. The molecule has 0 aliphatic carbocycles. The average Bonchev–Trinajstić information content (AvgIpc) is 3.05. The summed E-state index contributed by atoms with van der Waals surface area (Å²) in [5.41, 5.74) is 1.49. The monoisotopic (exact) mass is 371 g/mol. The number of carbonyl (C=O) groups is 2. The average molecular weight is 372 g/mol. The topological polar surface area (TPSA) is 105 Å². The fourth-order valence-corrected chi connectivity index (χ4v) is 2.71. The summed E-state index contributed by atoms with van der Waals surface area (Å²) in [4.78, 5) is 37.7. The van der Waals surface area contributed by atoms with Crippen molar-refractivity contribution < 1.29 is 14.5 Å². The Morgan fingerprint density at radius 1 is 1.15 bits per heavy atom. The number of H-pyrrole nitrogens is 1. The molecule has 0 aliphatic rings. The van der Waals surface area contributed by atoms with Gasteiger partial charge in [-0.05, 0) is 30.2 Å². The van der Waals surface area contributed by atoms with Gasteiger partial charge in [-0.1, -0.05) is 23.7 Å². The predicted molar refractivity (Wildman–Crippen MR) is 97.4 cm³/mol. The number of aromatic amines is 1. The van der Waals surface area contributed by atoms with Gasteiger partial charge in [0.2, 0.25) is 0 Å². The van der Waals surface area contributed by atoms with Crippen LogP contribution in [0, 0.1) is 10.1 Å². The number of benzene rings is 2. The van der Waals surface area contributed by atoms with Gasteiger partial charge in [0, 0.05) is 40.8 Å². The van der Waals surface area contributed by atoms with Crippen molar-refractivity contribution in [3.8, 4) is 0 Å². The van der Waals surface area contributed by atoms with Gasteiger partial charge in [0.15, 0.2) is 0 Å². The van der Waals surface area contributed by atoms with E-state index in [1.165, 1.54) is 24.4 Å². The molecule has 3 aromatic rings. The lowest BCUT2D eigenvalue weighted by molar-refractivity contribution is -0.384. The number of non-ortho nitro benzene ring substituents is 1. The number of carbonyl (C=O) groups excluding carboxylic acids is 2. The van der Waals surface area contributed by atoms with E-state index in [4.69, 9.17) is 11.6 Å². The molecule has 2 aromatic carbocycles. The van der Waals surface area contributed by atoms with E-state index in [9.17, 15) is 19.7 Å². The van der Waals surface area contributed by atoms with Crippen LogP contribution >= 0.6 is 11.6 Å². The minimum absolute atomic E-state index is 0.104. The summed E-state index contributed by atoms with van der Waals surface area (Å²) >= 11 is 5.81. The molecule has 1 heterocycles. The highest BCUT2D eigenvalue weighted by molar-refractivity contribution is 6.45. The normalized spacial score (nSPS) is 10.7. The van der Waals surface area contributed by atoms with Crippen molar-refractivity contribution in [2.45, 2.75) is 6.42 Å². The standard InChI is InChI=1S/C18H14ClN3O4/c19-12-3-1-11(2-4-12)7-8-20-18(24)17(23)15-10-21-16-6-5-13(22(25)26)9-14(15)16/h1-6,9-10,21H,7-8H2,(H,20,24). The minimum Gasteiger partial charge on any atom is -0.360 e. The molecule has 3 rings (SSSR count). The van der Waals surface area contributed by atoms with Crippen LogP contribution in [-0.4, -0.2) is 28.1 Å². The number of fused-ring (bicyclic) bond motifs is 1. The number of hydrogen-bond donors (Lipinski definition) is 2. The Labute approximate surface area is 153 Å². The first-order valence-corrected chi connectivity index (χ1v) is 8.16. The molecule has 0 fully saturated rings. The SMILES string of the molecule is O=C(NCCc1ccc(Cl)cc1)C(=O)c1c[nH]c2ccc([N+](=O)[O-])cc12. The van der Waals surface area contributed by atoms with E-state index in [2.05, 4.69) is 10.3 Å². The molecule has 0 unspecified atom stereocenters. The van der Waals surface area contributed by atoms with E-state index in [0.717, 1.165) is 5.56 Å². The molecule has 0 saturated heterocycles. The fourth-order valence-electron chi connectivity index (χ4n) is 2.58. The molecule has 0 radical (unpaired) electrons. The third-order valence-electron chi connectivity index (χ3n) is 3.94. The summed E-state index contributed by atoms with van der Waals surface area (Å²) in [5, 5.41) is 14.4. The molecule has 0 aliphatic heterocycles. The van der Waals surface area contributed by atoms with Gasteiger partial charge >= 0.3 is 0 Å². The summed E-state index contributed by atoms with van der Waals surface area (Å²) in [7, 11) is 0. The summed E-state index contributed by atoms with van der Waals surface area (Å²) in [6, 6.07) is 11.3. The van der Waals surface area contributed by atoms with E-state index < -0.39 is 16.6 Å². The van der Waals surface area contributed by atoms with E-state index in [-0.39, 0.29) is 17.8 Å². The number of nitrogens with one attached hydrogen (secondary N) is 2. The maximum atomic E-state index is 12.4. The molecule has 0 bridgehead atoms. The van der Waals surface area contributed by atoms with Crippen LogP contribution < -0.4 is 5.32 Å². The van der Waals surface area contributed by atoms with E-state index >= 15 is 0 Å². The zero-order chi connectivity index (χ0) is 18.7. The molecule has 0 saturated carbocycles. The number of ketones is 1. The fraction of sp³-hybridized carbons (Fsp3) is 0.111. The number of hydrogen-bond acceptors (Lipinski definition) is 4. The summed E-state index contributed by atoms with van der Waals surface area (Å²) < 4.78 is 0. The molecular weight excluding hydrogens is 358 g/mol. The molecule has 7 nitrogen and oxygen atoms in total. The second-order valence-electron chi connectivity index (χ2n) is 5.65. The van der Waals surface area contributed by atoms with Crippen molar-refractivity contribution in [1.29, 1.82) is 0 Å². The van der Waals surface area contributed by atoms with Gasteiger partial charge in [-0.25, -0.2) is 0 Å². The first kappa shape index (κ1) is 17.6. The Morgan fingerprint density at radius 3 is 2.58 bits per heavy atom. The molecule has 8 heteroatoms. The van der Waals surface area contributed by atoms with Gasteiger partial charge in [0.05, 0.1) is 10.5 Å². The quantitative estimate of drug-likeness (QED) is 0.300. The van der Waals surface area contributed by atoms with E-state index in [0.29, 0.717) is 22.3 Å². The Morgan fingerprint density at radius 2 is 1.88 bits per heavy atom. The van der Waals surface area contributed by atoms with Crippen molar-refractivity contribution in [3.63, 3.8) is 0 Å². The number of rotatable bonds is 6. The van der Waals surface area contributed by atoms with Crippen LogP contribution in [0.25, 0.3) is 10.9 Å². The van der Waals surface area contributed by atoms with Crippen LogP contribution in [0.4, 0.5) is 5.69 Å². The van der Waals surface area contributed by atoms with Crippen LogP contribution in [0.1, 0.15) is 15.9 Å². The highest BCUT2D eigenvalue weighted by Crippen LogP contribution is 2.24. The first-order valence-electron chi connectivity index (χ1n) is 7.78. The van der Waals surface area contributed by atoms with Gasteiger partial charge in [0.25, 0.3) is 17.4 Å². The Bertz CT molecular complexity index is 995. The third-order valence-corrected chi connectivity index (χ3v) is 4.19. The molecular formula is C18H14ClN3O4. The number of nitro benzene ring substituents is 1. The zero-order valence-electron chi connectivity index (χ0n) is 13.5. The molecule has 1 amide bonds. The lowest BCUT2D eigenvalue weighted by atomic mass is 10.1. The zero-order valence-corrected chi connectivity index (χ0v) is 14.2. The van der Waals surface area contributed by atoms with E-state index in [1.54, 1.807) is 12.1 Å². The van der Waals surface area contributed by atoms with Crippen molar-refractivity contribution >= 4 is 39.9 Å². The Hall–Kier alpha value is -3.19. The highest BCUT2D eigenvalue weighted by Gasteiger charge is 2.21. The molecule has 26 heavy (non-hydrogen) atoms. The smallest absolute Gasteiger partial charge is 0.292 e. The van der Waals surface area contributed by atoms with Gasteiger partial charge in [-0.2, -0.15) is 0 Å². The predicted octanol–water partition coefficient (Wildman–Crippen LogP) is 3.27. The number of Topliss-reactive ketones (excluding diaryl/α,β-unsaturated/α-hetero) is 1. The first-order chi connectivity index (χ1) is 12.5. The van der Waals surface area contributed by atoms with Crippen LogP contribution in [0.2, 0.25) is 5.02 Å². The number of nitro groups is 1. The van der Waals surface area contributed by atoms with Crippen molar-refractivity contribution in [1.82, 2.24) is 10.3 Å². The Kier molecular flexibility index (Phi) is 4.99. The lowest BCUT2D eigenvalue weighted by Gasteiger charge is -2.04. The van der Waals surface area contributed by atoms with Crippen molar-refractivity contribution in [3.05, 3.63) is 74.9 Å². The van der Waals surface area contributed by atoms with Gasteiger partial charge < -0.3 is 10.3 Å². The number of aromatic nitrogens is 1. The minimum atomic E-state index is -0.758. The molecule has 2 N–H and O–H groups in total. The van der Waals surface area contributed by atoms with Gasteiger partial charge in [0.1, 0.15) is 0 Å². The summed E-state index contributed by atoms with van der Waals surface area (Å²) in [6.45, 7) is 0.286. The van der Waals surface area contributed by atoms with Crippen LogP contribution in [-0.2, 0) is 11.2 Å². The lowest BCUT2D eigenvalue weighted by Crippen LogP contribution is -2.32. The molecule has 0 atom stereocenters. The third kappa shape index (κ3) is 3.73. The van der Waals surface area contributed by atoms with Crippen LogP contribution in [0.3, 0.4) is 0 Å². The van der Waals surface area contributed by atoms with Gasteiger partial charge in [-0.3, -0.25) is 19.7 Å². The molecule has 1 aromatic heterocycles. The van der Waals surface area contributed by atoms with Gasteiger partial charge in [-0.15, -0.1) is 0 Å². The van der Waals surface area contributed by atoms with Crippen LogP contribution in [0.15, 0.2) is 48.7 Å². The summed E-state index contributed by atoms with van der Waals surface area (Å²) in [5.74, 6) is -1.50. The molecule has 132 valence electrons. The Balaban J connectivity index is 1.69. The van der Waals surface area contributed by atoms with Crippen molar-refractivity contribution in [2.24, 2.45) is 0 Å². The maximum Gasteiger partial charge on any atom is 0.292 e. The summed E-state index contributed by atoms with van der Waals surface area (Å²) in [6.07, 6.45) is 1.94. The van der Waals surface area contributed by atoms with Crippen molar-refractivity contribution in [2.75, 3.05) is 6.54 Å². The number of amides is 1. The second kappa shape index (κ2) is 7.37. The van der Waals surface area contributed by atoms with E-state index in [1.807, 2.05) is 12.1 Å². The van der Waals surface area contributed by atoms with Crippen LogP contribution in [0.5, 0.6) is 0 Å². The highest BCUT2D eigenvalue weighted by atomic mass is 35.5.